The van der Waals surface area contributed by atoms with Crippen LogP contribution in [0.3, 0.4) is 0 Å². The predicted molar refractivity (Wildman–Crippen MR) is 87.9 cm³/mol. The molecule has 0 atom stereocenters. The van der Waals surface area contributed by atoms with Crippen molar-refractivity contribution in [2.45, 2.75) is 84.5 Å². The van der Waals surface area contributed by atoms with E-state index < -0.39 is 0 Å². The van der Waals surface area contributed by atoms with Crippen LogP contribution in [0.25, 0.3) is 0 Å². The molecular weight excluding hydrogens is 232 g/mol. The Hall–Kier alpha value is -0.0800. The van der Waals surface area contributed by atoms with E-state index in [1.807, 2.05) is 0 Å². The van der Waals surface area contributed by atoms with Crippen LogP contribution < -0.4 is 10.6 Å². The Labute approximate surface area is 122 Å². The first-order valence-electron chi connectivity index (χ1n) is 8.83. The summed E-state index contributed by atoms with van der Waals surface area (Å²) in [6, 6.07) is 0. The first kappa shape index (κ1) is 18.9. The third kappa shape index (κ3) is 17.9. The monoisotopic (exact) mass is 270 g/mol. The third-order valence-electron chi connectivity index (χ3n) is 3.62. The molecule has 0 rings (SSSR count). The zero-order chi connectivity index (χ0) is 14.0. The van der Waals surface area contributed by atoms with E-state index in [-0.39, 0.29) is 0 Å². The van der Waals surface area contributed by atoms with Crippen molar-refractivity contribution < 1.29 is 0 Å². The molecule has 0 aliphatic carbocycles. The van der Waals surface area contributed by atoms with Gasteiger partial charge in [0.2, 0.25) is 0 Å². The summed E-state index contributed by atoms with van der Waals surface area (Å²) in [4.78, 5) is 0. The summed E-state index contributed by atoms with van der Waals surface area (Å²) >= 11 is 0. The lowest BCUT2D eigenvalue weighted by Gasteiger charge is -2.06. The Balaban J connectivity index is 2.88. The number of unbranched alkanes of at least 4 members (excludes halogenated alkanes) is 8. The molecule has 0 aliphatic rings. The number of nitrogens with one attached hydrogen (secondary N) is 2. The van der Waals surface area contributed by atoms with Gasteiger partial charge in [0.05, 0.1) is 0 Å². The maximum absolute atomic E-state index is 3.54. The van der Waals surface area contributed by atoms with E-state index in [4.69, 9.17) is 0 Å². The van der Waals surface area contributed by atoms with Crippen molar-refractivity contribution in [3.63, 3.8) is 0 Å². The zero-order valence-corrected chi connectivity index (χ0v) is 13.6. The standard InChI is InChI=1S/C17H38N2/c1-3-5-7-9-11-14-18-16-13-17-19-15-12-10-8-6-4-2/h18-19H,3-17H2,1-2H3. The minimum Gasteiger partial charge on any atom is -0.317 e. The Morgan fingerprint density at radius 1 is 0.421 bits per heavy atom. The van der Waals surface area contributed by atoms with Gasteiger partial charge in [-0.3, -0.25) is 0 Å². The number of rotatable bonds is 16. The molecule has 19 heavy (non-hydrogen) atoms. The van der Waals surface area contributed by atoms with Gasteiger partial charge < -0.3 is 10.6 Å². The van der Waals surface area contributed by atoms with Crippen molar-refractivity contribution in [2.24, 2.45) is 0 Å². The van der Waals surface area contributed by atoms with Crippen molar-refractivity contribution in [3.05, 3.63) is 0 Å². The van der Waals surface area contributed by atoms with E-state index in [2.05, 4.69) is 24.5 Å². The normalized spacial score (nSPS) is 11.1. The van der Waals surface area contributed by atoms with Gasteiger partial charge in [0.1, 0.15) is 0 Å². The highest BCUT2D eigenvalue weighted by Crippen LogP contribution is 2.01. The molecule has 0 bridgehead atoms. The average molecular weight is 271 g/mol. The second-order valence-electron chi connectivity index (χ2n) is 5.68. The van der Waals surface area contributed by atoms with E-state index in [1.165, 1.54) is 96.8 Å². The smallest absolute Gasteiger partial charge is 0.00368 e. The van der Waals surface area contributed by atoms with Gasteiger partial charge in [-0.25, -0.2) is 0 Å². The minimum atomic E-state index is 1.18. The molecule has 0 heterocycles. The van der Waals surface area contributed by atoms with Crippen LogP contribution in [0.1, 0.15) is 84.5 Å². The lowest BCUT2D eigenvalue weighted by Crippen LogP contribution is -2.23. The minimum absolute atomic E-state index is 1.18. The van der Waals surface area contributed by atoms with Gasteiger partial charge in [0.15, 0.2) is 0 Å². The first-order valence-corrected chi connectivity index (χ1v) is 8.83. The quantitative estimate of drug-likeness (QED) is 0.404. The Morgan fingerprint density at radius 3 is 1.21 bits per heavy atom. The summed E-state index contributed by atoms with van der Waals surface area (Å²) in [6.07, 6.45) is 15.1. The van der Waals surface area contributed by atoms with Crippen LogP contribution in [-0.2, 0) is 0 Å². The SMILES string of the molecule is CCCCCCCNCCCNCCCCCCC. The second-order valence-corrected chi connectivity index (χ2v) is 5.68. The maximum atomic E-state index is 3.54. The fourth-order valence-corrected chi connectivity index (χ4v) is 2.30. The number of hydrogen-bond donors (Lipinski definition) is 2. The van der Waals surface area contributed by atoms with Gasteiger partial charge in [-0.15, -0.1) is 0 Å². The first-order chi connectivity index (χ1) is 9.41. The summed E-state index contributed by atoms with van der Waals surface area (Å²) in [5.74, 6) is 0. The van der Waals surface area contributed by atoms with E-state index in [0.717, 1.165) is 0 Å². The Bertz CT molecular complexity index is 132. The lowest BCUT2D eigenvalue weighted by atomic mass is 10.1. The van der Waals surface area contributed by atoms with Crippen LogP contribution in [0.2, 0.25) is 0 Å². The molecule has 2 nitrogen and oxygen atoms in total. The van der Waals surface area contributed by atoms with Crippen LogP contribution in [-0.4, -0.2) is 26.2 Å². The molecule has 0 saturated heterocycles. The van der Waals surface area contributed by atoms with Crippen LogP contribution in [0.5, 0.6) is 0 Å². The maximum Gasteiger partial charge on any atom is -0.00368 e. The van der Waals surface area contributed by atoms with E-state index in [1.54, 1.807) is 0 Å². The van der Waals surface area contributed by atoms with E-state index in [9.17, 15) is 0 Å². The molecule has 0 radical (unpaired) electrons. The van der Waals surface area contributed by atoms with Crippen molar-refractivity contribution in [2.75, 3.05) is 26.2 Å². The van der Waals surface area contributed by atoms with Crippen LogP contribution in [0.15, 0.2) is 0 Å². The van der Waals surface area contributed by atoms with Crippen molar-refractivity contribution in [3.8, 4) is 0 Å². The molecule has 0 unspecified atom stereocenters. The summed E-state index contributed by atoms with van der Waals surface area (Å²) in [5.41, 5.74) is 0. The van der Waals surface area contributed by atoms with Gasteiger partial charge >= 0.3 is 0 Å². The second kappa shape index (κ2) is 17.9. The van der Waals surface area contributed by atoms with Gasteiger partial charge in [-0.05, 0) is 45.4 Å². The van der Waals surface area contributed by atoms with Crippen LogP contribution in [0.4, 0.5) is 0 Å². The average Bonchev–Trinajstić information content (AvgIpc) is 2.43. The molecule has 0 aromatic rings. The van der Waals surface area contributed by atoms with Crippen molar-refractivity contribution in [1.29, 1.82) is 0 Å². The molecule has 116 valence electrons. The van der Waals surface area contributed by atoms with Crippen molar-refractivity contribution in [1.82, 2.24) is 10.6 Å². The Morgan fingerprint density at radius 2 is 0.789 bits per heavy atom. The summed E-state index contributed by atoms with van der Waals surface area (Å²) in [5, 5.41) is 7.08. The highest BCUT2D eigenvalue weighted by Gasteiger charge is 1.92. The fourth-order valence-electron chi connectivity index (χ4n) is 2.30. The summed E-state index contributed by atoms with van der Waals surface area (Å²) < 4.78 is 0. The lowest BCUT2D eigenvalue weighted by molar-refractivity contribution is 0.544. The van der Waals surface area contributed by atoms with Crippen LogP contribution in [0, 0.1) is 0 Å². The summed E-state index contributed by atoms with van der Waals surface area (Å²) in [7, 11) is 0. The van der Waals surface area contributed by atoms with Gasteiger partial charge in [0.25, 0.3) is 0 Å². The van der Waals surface area contributed by atoms with E-state index >= 15 is 0 Å². The predicted octanol–water partition coefficient (Wildman–Crippen LogP) is 4.50. The fraction of sp³-hybridized carbons (Fsp3) is 1.00. The van der Waals surface area contributed by atoms with E-state index in [0.29, 0.717) is 0 Å². The highest BCUT2D eigenvalue weighted by molar-refractivity contribution is 4.53. The summed E-state index contributed by atoms with van der Waals surface area (Å²) in [6.45, 7) is 9.32. The van der Waals surface area contributed by atoms with Gasteiger partial charge in [-0.2, -0.15) is 0 Å². The molecule has 0 aromatic heterocycles. The van der Waals surface area contributed by atoms with Crippen molar-refractivity contribution >= 4 is 0 Å². The van der Waals surface area contributed by atoms with Gasteiger partial charge in [0, 0.05) is 0 Å². The molecule has 0 fully saturated rings. The molecule has 0 spiro atoms. The van der Waals surface area contributed by atoms with Gasteiger partial charge in [-0.1, -0.05) is 65.2 Å². The van der Waals surface area contributed by atoms with Crippen LogP contribution >= 0.6 is 0 Å². The number of hydrogen-bond acceptors (Lipinski definition) is 2. The molecular formula is C17H38N2. The molecule has 0 aromatic carbocycles. The molecule has 2 heteroatoms. The highest BCUT2D eigenvalue weighted by atomic mass is 14.9. The zero-order valence-electron chi connectivity index (χ0n) is 13.6. The Kier molecular flexibility index (Phi) is 17.8. The molecule has 0 amide bonds. The molecule has 0 aliphatic heterocycles. The topological polar surface area (TPSA) is 24.1 Å². The molecule has 2 N–H and O–H groups in total. The third-order valence-corrected chi connectivity index (χ3v) is 3.62. The largest absolute Gasteiger partial charge is 0.317 e. The molecule has 0 saturated carbocycles.